The molecule has 4 unspecified atom stereocenters. The van der Waals surface area contributed by atoms with Gasteiger partial charge in [-0.1, -0.05) is 6.92 Å². The first-order valence-electron chi connectivity index (χ1n) is 9.08. The van der Waals surface area contributed by atoms with Gasteiger partial charge in [0.05, 0.1) is 11.8 Å². The van der Waals surface area contributed by atoms with Crippen LogP contribution in [0.5, 0.6) is 0 Å². The molecule has 9 nitrogen and oxygen atoms in total. The second-order valence-electron chi connectivity index (χ2n) is 7.64. The highest BCUT2D eigenvalue weighted by atomic mass is 32.2. The Kier molecular flexibility index (Phi) is 5.71. The molecule has 1 saturated carbocycles. The van der Waals surface area contributed by atoms with E-state index in [4.69, 9.17) is 0 Å². The minimum absolute atomic E-state index is 0.145. The number of rotatable bonds is 5. The minimum atomic E-state index is -3.65. The monoisotopic (exact) mass is 397 g/mol. The first kappa shape index (κ1) is 20.0. The maximum Gasteiger partial charge on any atom is 0.252 e. The van der Waals surface area contributed by atoms with E-state index in [9.17, 15) is 18.0 Å². The van der Waals surface area contributed by atoms with E-state index in [2.05, 4.69) is 23.1 Å². The predicted molar refractivity (Wildman–Crippen MR) is 102 cm³/mol. The third-order valence-electron chi connectivity index (χ3n) is 5.45. The smallest absolute Gasteiger partial charge is 0.252 e. The maximum absolute atomic E-state index is 13.1. The Morgan fingerprint density at radius 2 is 2.15 bits per heavy atom. The highest BCUT2D eigenvalue weighted by Crippen LogP contribution is 2.35. The van der Waals surface area contributed by atoms with Crippen molar-refractivity contribution in [2.45, 2.75) is 31.1 Å². The number of pyridine rings is 1. The molecule has 3 N–H and O–H groups in total. The third-order valence-corrected chi connectivity index (χ3v) is 7.70. The van der Waals surface area contributed by atoms with Crippen molar-refractivity contribution in [1.82, 2.24) is 19.7 Å². The molecule has 0 bridgehead atoms. The molecule has 0 aromatic carbocycles. The maximum atomic E-state index is 13.1. The molecule has 2 heterocycles. The fraction of sp³-hybridized carbons (Fsp3) is 0.647. The van der Waals surface area contributed by atoms with Crippen LogP contribution in [0.25, 0.3) is 0 Å². The number of hydrazine groups is 1. The molecule has 150 valence electrons. The number of carbonyl (C=O) groups excluding carboxylic acids is 1. The van der Waals surface area contributed by atoms with E-state index in [1.54, 1.807) is 19.3 Å². The SMILES string of the molecule is CC1CC2CNNC2C(S(=O)(=O)N(C)CC(=O)Nc2ccn(C)c(=O)c2)C1. The van der Waals surface area contributed by atoms with Gasteiger partial charge < -0.3 is 9.88 Å². The number of sulfonamides is 1. The van der Waals surface area contributed by atoms with Gasteiger partial charge in [-0.05, 0) is 30.7 Å². The molecule has 0 radical (unpaired) electrons. The summed E-state index contributed by atoms with van der Waals surface area (Å²) < 4.78 is 28.7. The standard InChI is InChI=1S/C17H27N5O4S/c1-11-6-12-9-18-20-17(12)14(7-11)27(25,26)22(3)10-15(23)19-13-4-5-21(2)16(24)8-13/h4-5,8,11-12,14,17-18,20H,6-7,9-10H2,1-3H3,(H,19,23). The molecule has 1 aromatic heterocycles. The highest BCUT2D eigenvalue weighted by Gasteiger charge is 2.46. The average molecular weight is 398 g/mol. The van der Waals surface area contributed by atoms with Crippen molar-refractivity contribution < 1.29 is 13.2 Å². The number of aromatic nitrogens is 1. The van der Waals surface area contributed by atoms with Crippen LogP contribution < -0.4 is 21.7 Å². The summed E-state index contributed by atoms with van der Waals surface area (Å²) in [6, 6.07) is 2.75. The van der Waals surface area contributed by atoms with Gasteiger partial charge in [-0.25, -0.2) is 8.42 Å². The van der Waals surface area contributed by atoms with Crippen molar-refractivity contribution in [3.05, 3.63) is 28.7 Å². The summed E-state index contributed by atoms with van der Waals surface area (Å²) in [5.74, 6) is 0.110. The van der Waals surface area contributed by atoms with Crippen molar-refractivity contribution in [1.29, 1.82) is 0 Å². The van der Waals surface area contributed by atoms with Crippen molar-refractivity contribution in [2.24, 2.45) is 18.9 Å². The number of nitrogens with zero attached hydrogens (tertiary/aromatic N) is 2. The quantitative estimate of drug-likeness (QED) is 0.616. The van der Waals surface area contributed by atoms with Gasteiger partial charge >= 0.3 is 0 Å². The average Bonchev–Trinajstić information content (AvgIpc) is 3.05. The Balaban J connectivity index is 1.68. The molecule has 1 aliphatic heterocycles. The summed E-state index contributed by atoms with van der Waals surface area (Å²) in [4.78, 5) is 23.9. The number of aryl methyl sites for hydroxylation is 1. The molecule has 3 rings (SSSR count). The number of hydrogen-bond acceptors (Lipinski definition) is 6. The molecule has 1 aromatic rings. The van der Waals surface area contributed by atoms with Crippen molar-refractivity contribution in [3.63, 3.8) is 0 Å². The minimum Gasteiger partial charge on any atom is -0.325 e. The van der Waals surface area contributed by atoms with Crippen LogP contribution in [0.4, 0.5) is 5.69 Å². The predicted octanol–water partition coefficient (Wildman–Crippen LogP) is -0.523. The molecule has 1 amide bonds. The second kappa shape index (κ2) is 7.70. The van der Waals surface area contributed by atoms with Crippen LogP contribution in [0, 0.1) is 11.8 Å². The van der Waals surface area contributed by atoms with Crippen LogP contribution in [-0.4, -0.2) is 54.6 Å². The third kappa shape index (κ3) is 4.23. The van der Waals surface area contributed by atoms with E-state index < -0.39 is 21.2 Å². The van der Waals surface area contributed by atoms with Gasteiger partial charge in [-0.15, -0.1) is 0 Å². The number of anilines is 1. The molecule has 27 heavy (non-hydrogen) atoms. The van der Waals surface area contributed by atoms with Gasteiger partial charge in [0.25, 0.3) is 5.56 Å². The van der Waals surface area contributed by atoms with E-state index in [1.165, 1.54) is 17.7 Å². The Hall–Kier alpha value is -1.75. The lowest BCUT2D eigenvalue weighted by Crippen LogP contribution is -2.53. The zero-order valence-electron chi connectivity index (χ0n) is 15.8. The van der Waals surface area contributed by atoms with Gasteiger partial charge in [0.1, 0.15) is 0 Å². The number of fused-ring (bicyclic) bond motifs is 1. The van der Waals surface area contributed by atoms with Crippen LogP contribution in [-0.2, 0) is 21.9 Å². The van der Waals surface area contributed by atoms with Gasteiger partial charge in [-0.2, -0.15) is 4.31 Å². The van der Waals surface area contributed by atoms with Gasteiger partial charge in [0.2, 0.25) is 15.9 Å². The number of hydrogen-bond donors (Lipinski definition) is 3. The Bertz CT molecular complexity index is 868. The number of carbonyl (C=O) groups is 1. The number of nitrogens with one attached hydrogen (secondary N) is 3. The summed E-state index contributed by atoms with van der Waals surface area (Å²) in [5, 5.41) is 2.02. The van der Waals surface area contributed by atoms with Crippen LogP contribution in [0.15, 0.2) is 23.1 Å². The normalized spacial score (nSPS) is 28.1. The lowest BCUT2D eigenvalue weighted by Gasteiger charge is -2.37. The molecule has 4 atom stereocenters. The van der Waals surface area contributed by atoms with Crippen LogP contribution in [0.1, 0.15) is 19.8 Å². The fourth-order valence-corrected chi connectivity index (χ4v) is 5.98. The number of likely N-dealkylation sites (N-methyl/N-ethyl adjacent to an activating group) is 1. The van der Waals surface area contributed by atoms with E-state index >= 15 is 0 Å². The molecule has 0 spiro atoms. The molecular formula is C17H27N5O4S. The lowest BCUT2D eigenvalue weighted by atomic mass is 9.79. The molecule has 1 saturated heterocycles. The highest BCUT2D eigenvalue weighted by molar-refractivity contribution is 7.89. The van der Waals surface area contributed by atoms with Crippen LogP contribution >= 0.6 is 0 Å². The van der Waals surface area contributed by atoms with Crippen molar-refractivity contribution in [2.75, 3.05) is 25.5 Å². The first-order valence-corrected chi connectivity index (χ1v) is 10.6. The van der Waals surface area contributed by atoms with Gasteiger partial charge in [0, 0.05) is 44.6 Å². The summed E-state index contributed by atoms with van der Waals surface area (Å²) >= 11 is 0. The van der Waals surface area contributed by atoms with E-state index in [0.29, 0.717) is 18.0 Å². The van der Waals surface area contributed by atoms with E-state index in [1.807, 2.05) is 0 Å². The van der Waals surface area contributed by atoms with Gasteiger partial charge in [-0.3, -0.25) is 20.4 Å². The van der Waals surface area contributed by atoms with E-state index in [-0.39, 0.29) is 24.1 Å². The Morgan fingerprint density at radius 3 is 2.85 bits per heavy atom. The van der Waals surface area contributed by atoms with E-state index in [0.717, 1.165) is 17.3 Å². The Morgan fingerprint density at radius 1 is 1.41 bits per heavy atom. The van der Waals surface area contributed by atoms with Crippen molar-refractivity contribution >= 4 is 21.6 Å². The molecule has 2 aliphatic rings. The zero-order chi connectivity index (χ0) is 19.8. The van der Waals surface area contributed by atoms with Crippen LogP contribution in [0.3, 0.4) is 0 Å². The summed E-state index contributed by atoms with van der Waals surface area (Å²) in [5.41, 5.74) is 6.26. The largest absolute Gasteiger partial charge is 0.325 e. The second-order valence-corrected chi connectivity index (χ2v) is 9.90. The zero-order valence-corrected chi connectivity index (χ0v) is 16.6. The fourth-order valence-electron chi connectivity index (χ4n) is 3.99. The molecule has 2 fully saturated rings. The molecule has 1 aliphatic carbocycles. The summed E-state index contributed by atoms with van der Waals surface area (Å²) in [6.07, 6.45) is 3.10. The summed E-state index contributed by atoms with van der Waals surface area (Å²) in [6.45, 7) is 2.53. The first-order chi connectivity index (χ1) is 12.7. The Labute approximate surface area is 159 Å². The summed E-state index contributed by atoms with van der Waals surface area (Å²) in [7, 11) is -0.611. The van der Waals surface area contributed by atoms with Gasteiger partial charge in [0.15, 0.2) is 0 Å². The number of amides is 1. The lowest BCUT2D eigenvalue weighted by molar-refractivity contribution is -0.116. The molecular weight excluding hydrogens is 370 g/mol. The topological polar surface area (TPSA) is 113 Å². The molecule has 10 heteroatoms. The van der Waals surface area contributed by atoms with Crippen LogP contribution in [0.2, 0.25) is 0 Å². The van der Waals surface area contributed by atoms with Crippen molar-refractivity contribution in [3.8, 4) is 0 Å².